The Labute approximate surface area is 149 Å². The van der Waals surface area contributed by atoms with Gasteiger partial charge in [-0.15, -0.1) is 0 Å². The number of urea groups is 1. The molecular weight excluding hydrogens is 318 g/mol. The van der Waals surface area contributed by atoms with E-state index in [9.17, 15) is 9.59 Å². The standard InChI is InChI=1S/C19H27N3O3/c1-14(23)21(2)15-9-11-22(12-10-15)19(24)20-17-7-5-13-25-18-8-4-3-6-16(17)18/h3-4,6,8,15,17H,5,7,9-13H2,1-2H3,(H,20,24)/t17-/m0/s1. The van der Waals surface area contributed by atoms with Gasteiger partial charge < -0.3 is 19.9 Å². The molecule has 0 aliphatic carbocycles. The van der Waals surface area contributed by atoms with Gasteiger partial charge in [0.1, 0.15) is 5.75 Å². The molecular formula is C19H27N3O3. The third-order valence-electron chi connectivity index (χ3n) is 5.28. The number of nitrogens with zero attached hydrogens (tertiary/aromatic N) is 2. The second kappa shape index (κ2) is 7.76. The fourth-order valence-corrected chi connectivity index (χ4v) is 3.63. The number of rotatable bonds is 2. The van der Waals surface area contributed by atoms with Gasteiger partial charge in [-0.2, -0.15) is 0 Å². The van der Waals surface area contributed by atoms with E-state index in [2.05, 4.69) is 5.32 Å². The highest BCUT2D eigenvalue weighted by molar-refractivity contribution is 5.75. The van der Waals surface area contributed by atoms with Crippen LogP contribution in [0.2, 0.25) is 0 Å². The highest BCUT2D eigenvalue weighted by atomic mass is 16.5. The summed E-state index contributed by atoms with van der Waals surface area (Å²) in [5.41, 5.74) is 1.06. The van der Waals surface area contributed by atoms with Gasteiger partial charge in [0, 0.05) is 38.7 Å². The minimum atomic E-state index is -0.0226. The lowest BCUT2D eigenvalue weighted by molar-refractivity contribution is -0.130. The number of carbonyl (C=O) groups is 2. The molecule has 3 rings (SSSR count). The number of fused-ring (bicyclic) bond motifs is 1. The second-order valence-electron chi connectivity index (χ2n) is 6.88. The Bertz CT molecular complexity index is 626. The number of ether oxygens (including phenoxy) is 1. The minimum Gasteiger partial charge on any atom is -0.493 e. The maximum Gasteiger partial charge on any atom is 0.317 e. The first-order valence-electron chi connectivity index (χ1n) is 9.07. The quantitative estimate of drug-likeness (QED) is 0.896. The van der Waals surface area contributed by atoms with Crippen molar-refractivity contribution in [3.8, 4) is 5.75 Å². The predicted molar refractivity (Wildman–Crippen MR) is 95.5 cm³/mol. The van der Waals surface area contributed by atoms with Crippen molar-refractivity contribution in [3.63, 3.8) is 0 Å². The van der Waals surface area contributed by atoms with Gasteiger partial charge in [-0.3, -0.25) is 4.79 Å². The molecule has 25 heavy (non-hydrogen) atoms. The number of hydrogen-bond acceptors (Lipinski definition) is 3. The Morgan fingerprint density at radius 1 is 1.20 bits per heavy atom. The van der Waals surface area contributed by atoms with Crippen molar-refractivity contribution in [3.05, 3.63) is 29.8 Å². The molecule has 0 aromatic heterocycles. The summed E-state index contributed by atoms with van der Waals surface area (Å²) in [7, 11) is 1.84. The predicted octanol–water partition coefficient (Wildman–Crippen LogP) is 2.55. The molecule has 3 amide bonds. The number of hydrogen-bond donors (Lipinski definition) is 1. The summed E-state index contributed by atoms with van der Waals surface area (Å²) in [6.07, 6.45) is 3.46. The first-order valence-corrected chi connectivity index (χ1v) is 9.07. The number of nitrogens with one attached hydrogen (secondary N) is 1. The number of likely N-dealkylation sites (tertiary alicyclic amines) is 1. The number of para-hydroxylation sites is 1. The number of piperidine rings is 1. The molecule has 2 heterocycles. The van der Waals surface area contributed by atoms with E-state index >= 15 is 0 Å². The molecule has 0 bridgehead atoms. The zero-order valence-corrected chi connectivity index (χ0v) is 15.0. The van der Waals surface area contributed by atoms with Crippen molar-refractivity contribution in [2.24, 2.45) is 0 Å². The van der Waals surface area contributed by atoms with E-state index < -0.39 is 0 Å². The van der Waals surface area contributed by atoms with Crippen LogP contribution in [-0.4, -0.2) is 54.5 Å². The van der Waals surface area contributed by atoms with E-state index in [-0.39, 0.29) is 24.0 Å². The molecule has 6 heteroatoms. The van der Waals surface area contributed by atoms with Crippen LogP contribution in [0.1, 0.15) is 44.2 Å². The van der Waals surface area contributed by atoms with Gasteiger partial charge in [-0.05, 0) is 31.7 Å². The van der Waals surface area contributed by atoms with Crippen molar-refractivity contribution >= 4 is 11.9 Å². The molecule has 1 saturated heterocycles. The van der Waals surface area contributed by atoms with Crippen molar-refractivity contribution in [2.75, 3.05) is 26.7 Å². The summed E-state index contributed by atoms with van der Waals surface area (Å²) in [5.74, 6) is 0.949. The van der Waals surface area contributed by atoms with Gasteiger partial charge in [-0.25, -0.2) is 4.79 Å². The molecule has 0 spiro atoms. The van der Waals surface area contributed by atoms with Crippen LogP contribution in [0.3, 0.4) is 0 Å². The fraction of sp³-hybridized carbons (Fsp3) is 0.579. The van der Waals surface area contributed by atoms with E-state index in [1.807, 2.05) is 36.2 Å². The SMILES string of the molecule is CC(=O)N(C)C1CCN(C(=O)N[C@H]2CCCOc3ccccc32)CC1. The first-order chi connectivity index (χ1) is 12.1. The van der Waals surface area contributed by atoms with E-state index in [1.165, 1.54) is 0 Å². The Kier molecular flexibility index (Phi) is 5.46. The van der Waals surface area contributed by atoms with Crippen LogP contribution in [0.25, 0.3) is 0 Å². The lowest BCUT2D eigenvalue weighted by atomic mass is 10.0. The van der Waals surface area contributed by atoms with Crippen molar-refractivity contribution in [1.29, 1.82) is 0 Å². The molecule has 1 atom stereocenters. The zero-order valence-electron chi connectivity index (χ0n) is 15.0. The van der Waals surface area contributed by atoms with E-state index in [0.717, 1.165) is 37.0 Å². The molecule has 1 aromatic carbocycles. The second-order valence-corrected chi connectivity index (χ2v) is 6.88. The van der Waals surface area contributed by atoms with Gasteiger partial charge in [0.15, 0.2) is 0 Å². The summed E-state index contributed by atoms with van der Waals surface area (Å²) in [4.78, 5) is 27.8. The molecule has 136 valence electrons. The highest BCUT2D eigenvalue weighted by Crippen LogP contribution is 2.31. The molecule has 0 saturated carbocycles. The van der Waals surface area contributed by atoms with Crippen LogP contribution >= 0.6 is 0 Å². The largest absolute Gasteiger partial charge is 0.493 e. The molecule has 1 aromatic rings. The molecule has 0 radical (unpaired) electrons. The van der Waals surface area contributed by atoms with Crippen molar-refractivity contribution in [1.82, 2.24) is 15.1 Å². The van der Waals surface area contributed by atoms with Crippen LogP contribution in [0.5, 0.6) is 5.75 Å². The summed E-state index contributed by atoms with van der Waals surface area (Å²) < 4.78 is 5.77. The fourth-order valence-electron chi connectivity index (χ4n) is 3.63. The highest BCUT2D eigenvalue weighted by Gasteiger charge is 2.28. The Morgan fingerprint density at radius 3 is 2.64 bits per heavy atom. The number of amides is 3. The van der Waals surface area contributed by atoms with Crippen LogP contribution in [0.4, 0.5) is 4.79 Å². The summed E-state index contributed by atoms with van der Waals surface area (Å²) >= 11 is 0. The van der Waals surface area contributed by atoms with E-state index in [0.29, 0.717) is 19.7 Å². The number of carbonyl (C=O) groups excluding carboxylic acids is 2. The van der Waals surface area contributed by atoms with Crippen LogP contribution in [-0.2, 0) is 4.79 Å². The topological polar surface area (TPSA) is 61.9 Å². The lowest BCUT2D eigenvalue weighted by Gasteiger charge is -2.37. The van der Waals surface area contributed by atoms with Gasteiger partial charge in [0.2, 0.25) is 5.91 Å². The molecule has 1 fully saturated rings. The number of benzene rings is 1. The Morgan fingerprint density at radius 2 is 1.92 bits per heavy atom. The van der Waals surface area contributed by atoms with Gasteiger partial charge in [0.05, 0.1) is 12.6 Å². The van der Waals surface area contributed by atoms with E-state index in [4.69, 9.17) is 4.74 Å². The summed E-state index contributed by atoms with van der Waals surface area (Å²) in [5, 5.41) is 3.18. The molecule has 1 N–H and O–H groups in total. The van der Waals surface area contributed by atoms with Gasteiger partial charge >= 0.3 is 6.03 Å². The monoisotopic (exact) mass is 345 g/mol. The third-order valence-corrected chi connectivity index (χ3v) is 5.28. The van der Waals surface area contributed by atoms with Gasteiger partial charge in [0.25, 0.3) is 0 Å². The van der Waals surface area contributed by atoms with E-state index in [1.54, 1.807) is 11.8 Å². The zero-order chi connectivity index (χ0) is 17.8. The Hall–Kier alpha value is -2.24. The molecule has 6 nitrogen and oxygen atoms in total. The average Bonchev–Trinajstić information content (AvgIpc) is 2.83. The normalized spacial score (nSPS) is 20.9. The first kappa shape index (κ1) is 17.6. The maximum atomic E-state index is 12.7. The van der Waals surface area contributed by atoms with Crippen molar-refractivity contribution < 1.29 is 14.3 Å². The molecule has 2 aliphatic rings. The average molecular weight is 345 g/mol. The van der Waals surface area contributed by atoms with Crippen LogP contribution in [0, 0.1) is 0 Å². The van der Waals surface area contributed by atoms with Crippen molar-refractivity contribution in [2.45, 2.75) is 44.7 Å². The van der Waals surface area contributed by atoms with Crippen LogP contribution in [0.15, 0.2) is 24.3 Å². The lowest BCUT2D eigenvalue weighted by Crippen LogP contribution is -2.50. The molecule has 2 aliphatic heterocycles. The summed E-state index contributed by atoms with van der Waals surface area (Å²) in [6.45, 7) is 3.63. The molecule has 0 unspecified atom stereocenters. The van der Waals surface area contributed by atoms with Gasteiger partial charge in [-0.1, -0.05) is 18.2 Å². The minimum absolute atomic E-state index is 0.0104. The third kappa shape index (κ3) is 4.06. The van der Waals surface area contributed by atoms with Crippen LogP contribution < -0.4 is 10.1 Å². The smallest absolute Gasteiger partial charge is 0.317 e. The summed E-state index contributed by atoms with van der Waals surface area (Å²) in [6, 6.07) is 8.13. The maximum absolute atomic E-state index is 12.7. The Balaban J connectivity index is 1.59.